The van der Waals surface area contributed by atoms with Gasteiger partial charge in [-0.1, -0.05) is 5.16 Å². The first kappa shape index (κ1) is 16.7. The van der Waals surface area contributed by atoms with Crippen molar-refractivity contribution in [3.05, 3.63) is 43.7 Å². The lowest BCUT2D eigenvalue weighted by Crippen LogP contribution is -2.15. The molecule has 1 amide bonds. The average Bonchev–Trinajstić information content (AvgIpc) is 2.89. The smallest absolute Gasteiger partial charge is 0.339 e. The van der Waals surface area contributed by atoms with Gasteiger partial charge in [0, 0.05) is 15.0 Å². The van der Waals surface area contributed by atoms with Gasteiger partial charge in [0.15, 0.2) is 0 Å². The zero-order chi connectivity index (χ0) is 16.4. The van der Waals surface area contributed by atoms with Gasteiger partial charge < -0.3 is 14.6 Å². The number of methoxy groups -OCH3 is 1. The Morgan fingerprint density at radius 3 is 2.45 bits per heavy atom. The van der Waals surface area contributed by atoms with Gasteiger partial charge in [-0.05, 0) is 57.3 Å². The van der Waals surface area contributed by atoms with E-state index in [4.69, 9.17) is 9.26 Å². The number of esters is 1. The highest BCUT2D eigenvalue weighted by atomic mass is 79.9. The average molecular weight is 432 g/mol. The highest BCUT2D eigenvalue weighted by Gasteiger charge is 2.21. The molecule has 2 rings (SSSR count). The van der Waals surface area contributed by atoms with Gasteiger partial charge >= 0.3 is 5.97 Å². The maximum Gasteiger partial charge on any atom is 0.339 e. The highest BCUT2D eigenvalue weighted by Crippen LogP contribution is 2.35. The molecule has 0 atom stereocenters. The summed E-state index contributed by atoms with van der Waals surface area (Å²) in [6.07, 6.45) is 0. The fraction of sp³-hybridized carbons (Fsp3) is 0.214. The number of rotatable bonds is 3. The van der Waals surface area contributed by atoms with E-state index in [1.54, 1.807) is 19.9 Å². The number of hydrogen-bond acceptors (Lipinski definition) is 5. The van der Waals surface area contributed by atoms with E-state index in [0.29, 0.717) is 31.5 Å². The molecule has 0 radical (unpaired) electrons. The van der Waals surface area contributed by atoms with E-state index in [1.165, 1.54) is 13.2 Å². The molecule has 116 valence electrons. The van der Waals surface area contributed by atoms with Crippen LogP contribution in [0, 0.1) is 13.8 Å². The zero-order valence-electron chi connectivity index (χ0n) is 12.0. The van der Waals surface area contributed by atoms with Crippen molar-refractivity contribution in [1.29, 1.82) is 0 Å². The third-order valence-corrected chi connectivity index (χ3v) is 4.21. The Hall–Kier alpha value is -1.67. The molecule has 0 unspecified atom stereocenters. The van der Waals surface area contributed by atoms with Crippen LogP contribution in [0.3, 0.4) is 0 Å². The first-order valence-electron chi connectivity index (χ1n) is 6.16. The first-order valence-corrected chi connectivity index (χ1v) is 7.75. The second-order valence-corrected chi connectivity index (χ2v) is 6.20. The van der Waals surface area contributed by atoms with Crippen LogP contribution < -0.4 is 5.32 Å². The van der Waals surface area contributed by atoms with Gasteiger partial charge in [-0.3, -0.25) is 4.79 Å². The van der Waals surface area contributed by atoms with E-state index < -0.39 is 11.9 Å². The largest absolute Gasteiger partial charge is 0.465 e. The number of carbonyl (C=O) groups excluding carboxylic acids is 2. The molecular weight excluding hydrogens is 420 g/mol. The molecule has 0 aliphatic heterocycles. The molecule has 0 aliphatic rings. The van der Waals surface area contributed by atoms with Crippen LogP contribution in [0.1, 0.15) is 32.2 Å². The Labute approximate surface area is 143 Å². The predicted octanol–water partition coefficient (Wildman–Crippen LogP) is 3.86. The van der Waals surface area contributed by atoms with E-state index in [1.807, 2.05) is 0 Å². The molecule has 0 saturated carbocycles. The maximum atomic E-state index is 12.2. The molecule has 1 heterocycles. The molecule has 0 bridgehead atoms. The van der Waals surface area contributed by atoms with Gasteiger partial charge in [0.05, 0.1) is 24.1 Å². The molecule has 1 N–H and O–H groups in total. The topological polar surface area (TPSA) is 81.4 Å². The lowest BCUT2D eigenvalue weighted by atomic mass is 10.1. The van der Waals surface area contributed by atoms with Gasteiger partial charge in [0.2, 0.25) is 5.76 Å². The monoisotopic (exact) mass is 430 g/mol. The minimum atomic E-state index is -0.497. The van der Waals surface area contributed by atoms with Gasteiger partial charge in [-0.15, -0.1) is 0 Å². The number of hydrogen-bond donors (Lipinski definition) is 1. The zero-order valence-corrected chi connectivity index (χ0v) is 15.2. The minimum Gasteiger partial charge on any atom is -0.465 e. The Morgan fingerprint density at radius 2 is 1.91 bits per heavy atom. The van der Waals surface area contributed by atoms with Crippen molar-refractivity contribution < 1.29 is 18.8 Å². The fourth-order valence-electron chi connectivity index (χ4n) is 1.89. The molecule has 22 heavy (non-hydrogen) atoms. The Kier molecular flexibility index (Phi) is 5.02. The number of nitrogens with zero attached hydrogens (tertiary/aromatic N) is 1. The summed E-state index contributed by atoms with van der Waals surface area (Å²) >= 11 is 6.68. The number of nitrogens with one attached hydrogen (secondary N) is 1. The molecule has 0 spiro atoms. The van der Waals surface area contributed by atoms with Crippen LogP contribution in [-0.2, 0) is 4.74 Å². The van der Waals surface area contributed by atoms with Crippen LogP contribution in [-0.4, -0.2) is 24.1 Å². The second-order valence-electron chi connectivity index (χ2n) is 4.49. The maximum absolute atomic E-state index is 12.2. The lowest BCUT2D eigenvalue weighted by Gasteiger charge is -2.14. The van der Waals surface area contributed by atoms with E-state index in [0.717, 1.165) is 0 Å². The van der Waals surface area contributed by atoms with Crippen molar-refractivity contribution in [2.45, 2.75) is 13.8 Å². The molecule has 0 fully saturated rings. The summed E-state index contributed by atoms with van der Waals surface area (Å²) in [7, 11) is 1.30. The normalized spacial score (nSPS) is 10.4. The van der Waals surface area contributed by atoms with Crippen molar-refractivity contribution in [3.63, 3.8) is 0 Å². The second kappa shape index (κ2) is 6.62. The van der Waals surface area contributed by atoms with Crippen LogP contribution in [0.2, 0.25) is 0 Å². The highest BCUT2D eigenvalue weighted by molar-refractivity contribution is 9.11. The summed E-state index contributed by atoms with van der Waals surface area (Å²) < 4.78 is 10.9. The van der Waals surface area contributed by atoms with Gasteiger partial charge in [0.25, 0.3) is 5.91 Å². The van der Waals surface area contributed by atoms with E-state index >= 15 is 0 Å². The van der Waals surface area contributed by atoms with Crippen LogP contribution in [0.15, 0.2) is 25.6 Å². The van der Waals surface area contributed by atoms with Crippen molar-refractivity contribution in [2.24, 2.45) is 0 Å². The summed E-state index contributed by atoms with van der Waals surface area (Å²) in [6.45, 7) is 3.43. The van der Waals surface area contributed by atoms with Gasteiger partial charge in [0.1, 0.15) is 0 Å². The number of carbonyl (C=O) groups is 2. The Morgan fingerprint density at radius 1 is 1.23 bits per heavy atom. The van der Waals surface area contributed by atoms with Crippen molar-refractivity contribution in [2.75, 3.05) is 12.4 Å². The van der Waals surface area contributed by atoms with Crippen LogP contribution in [0.25, 0.3) is 0 Å². The minimum absolute atomic E-state index is 0.0892. The summed E-state index contributed by atoms with van der Waals surface area (Å²) in [5, 5.41) is 6.37. The first-order chi connectivity index (χ1) is 10.3. The van der Waals surface area contributed by atoms with E-state index in [2.05, 4.69) is 42.3 Å². The molecule has 6 nitrogen and oxygen atoms in total. The summed E-state index contributed by atoms with van der Waals surface area (Å²) in [5.74, 6) is -0.864. The Bertz CT molecular complexity index is 756. The molecule has 8 heteroatoms. The van der Waals surface area contributed by atoms with Crippen molar-refractivity contribution >= 4 is 49.4 Å². The van der Waals surface area contributed by atoms with Crippen molar-refractivity contribution in [1.82, 2.24) is 5.16 Å². The molecule has 0 saturated heterocycles. The number of amides is 1. The molecule has 0 aliphatic carbocycles. The van der Waals surface area contributed by atoms with Gasteiger partial charge in [-0.2, -0.15) is 0 Å². The Balaban J connectivity index is 2.43. The standard InChI is InChI=1S/C14H12Br2N2O4/c1-6-4-10(22-18-6)13(19)17-12-7(2)11(14(20)21-3)8(15)5-9(12)16/h4-5H,1-3H3,(H,17,19). The number of aromatic nitrogens is 1. The van der Waals surface area contributed by atoms with E-state index in [9.17, 15) is 9.59 Å². The number of aryl methyl sites for hydroxylation is 1. The quantitative estimate of drug-likeness (QED) is 0.746. The van der Waals surface area contributed by atoms with Crippen LogP contribution in [0.4, 0.5) is 5.69 Å². The van der Waals surface area contributed by atoms with Crippen LogP contribution >= 0.6 is 31.9 Å². The molecule has 2 aromatic rings. The number of ether oxygens (including phenoxy) is 1. The summed E-state index contributed by atoms with van der Waals surface area (Å²) in [6, 6.07) is 3.19. The lowest BCUT2D eigenvalue weighted by molar-refractivity contribution is 0.0598. The SMILES string of the molecule is COC(=O)c1c(Br)cc(Br)c(NC(=O)c2cc(C)no2)c1C. The van der Waals surface area contributed by atoms with Gasteiger partial charge in [-0.25, -0.2) is 4.79 Å². The predicted molar refractivity (Wildman–Crippen MR) is 87.1 cm³/mol. The van der Waals surface area contributed by atoms with E-state index in [-0.39, 0.29) is 5.76 Å². The number of halogens is 2. The molecule has 1 aromatic carbocycles. The number of anilines is 1. The van der Waals surface area contributed by atoms with Crippen molar-refractivity contribution in [3.8, 4) is 0 Å². The van der Waals surface area contributed by atoms with Crippen LogP contribution in [0.5, 0.6) is 0 Å². The third-order valence-electron chi connectivity index (χ3n) is 2.96. The summed E-state index contributed by atoms with van der Waals surface area (Å²) in [5.41, 5.74) is 1.97. The third kappa shape index (κ3) is 3.22. The molecular formula is C14H12Br2N2O4. The summed E-state index contributed by atoms with van der Waals surface area (Å²) in [4.78, 5) is 24.0. The fourth-order valence-corrected chi connectivity index (χ4v) is 3.51. The number of benzene rings is 1. The molecule has 1 aromatic heterocycles.